The molecule has 0 unspecified atom stereocenters. The summed E-state index contributed by atoms with van der Waals surface area (Å²) in [6, 6.07) is 12.5. The lowest BCUT2D eigenvalue weighted by molar-refractivity contribution is 0.0904. The van der Waals surface area contributed by atoms with E-state index < -0.39 is 18.1 Å². The number of benzene rings is 2. The summed E-state index contributed by atoms with van der Waals surface area (Å²) in [5.74, 6) is -1.52. The highest BCUT2D eigenvalue weighted by Gasteiger charge is 2.18. The predicted octanol–water partition coefficient (Wildman–Crippen LogP) is 6.76. The third-order valence-electron chi connectivity index (χ3n) is 5.55. The molecule has 38 heavy (non-hydrogen) atoms. The minimum atomic E-state index is -2.88. The molecule has 1 saturated heterocycles. The lowest BCUT2D eigenvalue weighted by Crippen LogP contribution is -2.27. The Morgan fingerprint density at radius 1 is 0.974 bits per heavy atom. The Balaban J connectivity index is 0.000000956. The van der Waals surface area contributed by atoms with E-state index in [1.54, 1.807) is 6.20 Å². The predicted molar refractivity (Wildman–Crippen MR) is 139 cm³/mol. The lowest BCUT2D eigenvalue weighted by atomic mass is 10.1. The summed E-state index contributed by atoms with van der Waals surface area (Å²) in [4.78, 5) is 0. The fourth-order valence-corrected chi connectivity index (χ4v) is 3.78. The summed E-state index contributed by atoms with van der Waals surface area (Å²) < 4.78 is 51.8. The zero-order chi connectivity index (χ0) is 27.5. The molecule has 2 aromatic heterocycles. The van der Waals surface area contributed by atoms with Gasteiger partial charge in [0.2, 0.25) is 5.89 Å². The molecule has 8 nitrogen and oxygen atoms in total. The van der Waals surface area contributed by atoms with Gasteiger partial charge in [0, 0.05) is 41.6 Å². The van der Waals surface area contributed by atoms with Gasteiger partial charge in [0.05, 0.1) is 12.7 Å². The SMILES string of the molecule is CC.CC.Fc1cc(-c2nnc(C(F)F)o2)ccc1Cn1cc(-c2cccc(NC3CCOCC3)c2)nn1. The Morgan fingerprint density at radius 3 is 2.42 bits per heavy atom. The van der Waals surface area contributed by atoms with Crippen LogP contribution in [-0.2, 0) is 11.3 Å². The van der Waals surface area contributed by atoms with Gasteiger partial charge in [-0.1, -0.05) is 51.1 Å². The third kappa shape index (κ3) is 7.41. The Hall–Kier alpha value is -3.73. The number of aromatic nitrogens is 5. The number of alkyl halides is 2. The van der Waals surface area contributed by atoms with Crippen LogP contribution in [0.3, 0.4) is 0 Å². The summed E-state index contributed by atoms with van der Waals surface area (Å²) in [6.45, 7) is 9.66. The molecular formula is C27H33F3N6O2. The molecule has 0 aliphatic carbocycles. The summed E-state index contributed by atoms with van der Waals surface area (Å²) >= 11 is 0. The Bertz CT molecular complexity index is 1270. The average Bonchev–Trinajstić information content (AvgIpc) is 3.64. The van der Waals surface area contributed by atoms with Crippen molar-refractivity contribution in [3.8, 4) is 22.7 Å². The smallest absolute Gasteiger partial charge is 0.314 e. The number of hydrogen-bond donors (Lipinski definition) is 1. The van der Waals surface area contributed by atoms with Crippen LogP contribution in [0.2, 0.25) is 0 Å². The van der Waals surface area contributed by atoms with Gasteiger partial charge < -0.3 is 14.5 Å². The molecule has 204 valence electrons. The maximum absolute atomic E-state index is 14.7. The van der Waals surface area contributed by atoms with E-state index in [4.69, 9.17) is 9.15 Å². The number of hydrogen-bond acceptors (Lipinski definition) is 7. The first-order valence-electron chi connectivity index (χ1n) is 12.8. The zero-order valence-corrected chi connectivity index (χ0v) is 22.0. The van der Waals surface area contributed by atoms with Gasteiger partial charge in [-0.25, -0.2) is 9.07 Å². The van der Waals surface area contributed by atoms with Gasteiger partial charge in [-0.2, -0.15) is 8.78 Å². The van der Waals surface area contributed by atoms with Crippen molar-refractivity contribution < 1.29 is 22.3 Å². The van der Waals surface area contributed by atoms with E-state index in [9.17, 15) is 13.2 Å². The minimum absolute atomic E-state index is 0.144. The van der Waals surface area contributed by atoms with Gasteiger partial charge in [0.1, 0.15) is 11.5 Å². The van der Waals surface area contributed by atoms with Crippen LogP contribution >= 0.6 is 0 Å². The average molecular weight is 531 g/mol. The van der Waals surface area contributed by atoms with Crippen LogP contribution in [-0.4, -0.2) is 44.4 Å². The summed E-state index contributed by atoms with van der Waals surface area (Å²) in [5, 5.41) is 18.7. The lowest BCUT2D eigenvalue weighted by Gasteiger charge is -2.24. The van der Waals surface area contributed by atoms with Gasteiger partial charge in [0.15, 0.2) is 0 Å². The van der Waals surface area contributed by atoms with E-state index in [-0.39, 0.29) is 18.0 Å². The number of rotatable bonds is 7. The normalized spacial score (nSPS) is 13.4. The van der Waals surface area contributed by atoms with Crippen molar-refractivity contribution in [1.82, 2.24) is 25.2 Å². The highest BCUT2D eigenvalue weighted by atomic mass is 19.3. The monoisotopic (exact) mass is 530 g/mol. The maximum atomic E-state index is 14.7. The fraction of sp³-hybridized carbons (Fsp3) is 0.407. The molecule has 3 heterocycles. The first kappa shape index (κ1) is 28.8. The topological polar surface area (TPSA) is 90.9 Å². The Kier molecular flexibility index (Phi) is 10.8. The molecule has 0 saturated carbocycles. The molecular weight excluding hydrogens is 497 g/mol. The molecule has 1 N–H and O–H groups in total. The molecule has 0 amide bonds. The standard InChI is InChI=1S/C23H21F3N6O2.2C2H6/c24-19-11-15(22-29-30-23(34-22)21(25)26)4-5-16(19)12-32-13-20(28-31-32)14-2-1-3-18(10-14)27-17-6-8-33-9-7-17;2*1-2/h1-5,10-11,13,17,21,27H,6-9,12H2;2*1-2H3. The first-order chi connectivity index (χ1) is 18.5. The summed E-state index contributed by atoms with van der Waals surface area (Å²) in [5.41, 5.74) is 3.12. The molecule has 0 spiro atoms. The molecule has 5 rings (SSSR count). The second-order valence-electron chi connectivity index (χ2n) is 7.97. The molecule has 4 aromatic rings. The molecule has 0 atom stereocenters. The number of anilines is 1. The van der Waals surface area contributed by atoms with E-state index in [0.29, 0.717) is 17.3 Å². The molecule has 2 aromatic carbocycles. The third-order valence-corrected chi connectivity index (χ3v) is 5.55. The van der Waals surface area contributed by atoms with Crippen molar-refractivity contribution in [2.75, 3.05) is 18.5 Å². The Labute approximate surface area is 220 Å². The van der Waals surface area contributed by atoms with E-state index in [2.05, 4.69) is 25.8 Å². The number of nitrogens with zero attached hydrogens (tertiary/aromatic N) is 5. The number of nitrogens with one attached hydrogen (secondary N) is 1. The van der Waals surface area contributed by atoms with Crippen LogP contribution < -0.4 is 5.32 Å². The number of ether oxygens (including phenoxy) is 1. The second kappa shape index (κ2) is 14.3. The van der Waals surface area contributed by atoms with Crippen LogP contribution in [0.4, 0.5) is 18.9 Å². The van der Waals surface area contributed by atoms with Crippen molar-refractivity contribution in [2.45, 2.75) is 59.5 Å². The largest absolute Gasteiger partial charge is 0.415 e. The van der Waals surface area contributed by atoms with Crippen LogP contribution in [0.25, 0.3) is 22.7 Å². The van der Waals surface area contributed by atoms with E-state index >= 15 is 0 Å². The fourth-order valence-electron chi connectivity index (χ4n) is 3.78. The van der Waals surface area contributed by atoms with Crippen molar-refractivity contribution in [2.24, 2.45) is 0 Å². The van der Waals surface area contributed by atoms with Gasteiger partial charge in [-0.3, -0.25) is 0 Å². The van der Waals surface area contributed by atoms with Crippen molar-refractivity contribution in [1.29, 1.82) is 0 Å². The van der Waals surface area contributed by atoms with E-state index in [0.717, 1.165) is 37.3 Å². The van der Waals surface area contributed by atoms with Gasteiger partial charge in [-0.15, -0.1) is 15.3 Å². The van der Waals surface area contributed by atoms with E-state index in [1.165, 1.54) is 22.9 Å². The van der Waals surface area contributed by atoms with Crippen LogP contribution in [0, 0.1) is 5.82 Å². The van der Waals surface area contributed by atoms with Gasteiger partial charge in [-0.05, 0) is 37.1 Å². The van der Waals surface area contributed by atoms with Crippen molar-refractivity contribution in [3.63, 3.8) is 0 Å². The van der Waals surface area contributed by atoms with Crippen LogP contribution in [0.15, 0.2) is 53.1 Å². The van der Waals surface area contributed by atoms with Crippen LogP contribution in [0.1, 0.15) is 58.4 Å². The first-order valence-corrected chi connectivity index (χ1v) is 12.8. The Morgan fingerprint density at radius 2 is 1.74 bits per heavy atom. The second-order valence-corrected chi connectivity index (χ2v) is 7.97. The highest BCUT2D eigenvalue weighted by Crippen LogP contribution is 2.26. The molecule has 1 aliphatic heterocycles. The summed E-state index contributed by atoms with van der Waals surface area (Å²) in [7, 11) is 0. The highest BCUT2D eigenvalue weighted by molar-refractivity contribution is 5.64. The van der Waals surface area contributed by atoms with E-state index in [1.807, 2.05) is 52.0 Å². The molecule has 1 aliphatic rings. The van der Waals surface area contributed by atoms with Crippen LogP contribution in [0.5, 0.6) is 0 Å². The molecule has 11 heteroatoms. The van der Waals surface area contributed by atoms with Gasteiger partial charge in [0.25, 0.3) is 5.89 Å². The van der Waals surface area contributed by atoms with Crippen molar-refractivity contribution >= 4 is 5.69 Å². The summed E-state index contributed by atoms with van der Waals surface area (Å²) in [6.07, 6.45) is 0.786. The number of halogens is 3. The van der Waals surface area contributed by atoms with Gasteiger partial charge >= 0.3 is 6.43 Å². The molecule has 1 fully saturated rings. The maximum Gasteiger partial charge on any atom is 0.314 e. The van der Waals surface area contributed by atoms with Crippen molar-refractivity contribution in [3.05, 3.63) is 65.9 Å². The minimum Gasteiger partial charge on any atom is -0.415 e. The zero-order valence-electron chi connectivity index (χ0n) is 22.0. The molecule has 0 bridgehead atoms. The quantitative estimate of drug-likeness (QED) is 0.282. The molecule has 0 radical (unpaired) electrons.